The van der Waals surface area contributed by atoms with E-state index in [4.69, 9.17) is 5.26 Å². The minimum atomic E-state index is 1.09. The predicted molar refractivity (Wildman–Crippen MR) is 67.2 cm³/mol. The van der Waals surface area contributed by atoms with E-state index in [1.54, 1.807) is 0 Å². The first-order valence-corrected chi connectivity index (χ1v) is 5.81. The SMILES string of the molecule is N#C/C=C/c1ccc(N2CCCCC2)cc1. The third kappa shape index (κ3) is 2.64. The Hall–Kier alpha value is -1.75. The number of piperidine rings is 1. The second kappa shape index (κ2) is 5.37. The molecule has 2 rings (SSSR count). The summed E-state index contributed by atoms with van der Waals surface area (Å²) >= 11 is 0. The van der Waals surface area contributed by atoms with E-state index in [2.05, 4.69) is 29.2 Å². The van der Waals surface area contributed by atoms with Gasteiger partial charge in [0, 0.05) is 24.9 Å². The second-order valence-corrected chi connectivity index (χ2v) is 4.10. The van der Waals surface area contributed by atoms with Gasteiger partial charge in [0.25, 0.3) is 0 Å². The molecule has 0 saturated carbocycles. The molecule has 82 valence electrons. The molecule has 0 aliphatic carbocycles. The summed E-state index contributed by atoms with van der Waals surface area (Å²) in [7, 11) is 0. The molecule has 0 atom stereocenters. The summed E-state index contributed by atoms with van der Waals surface area (Å²) in [5.74, 6) is 0. The molecule has 1 heterocycles. The summed E-state index contributed by atoms with van der Waals surface area (Å²) < 4.78 is 0. The van der Waals surface area contributed by atoms with Crippen LogP contribution in [0.25, 0.3) is 6.08 Å². The van der Waals surface area contributed by atoms with Crippen molar-refractivity contribution >= 4 is 11.8 Å². The van der Waals surface area contributed by atoms with Crippen LogP contribution in [0.2, 0.25) is 0 Å². The van der Waals surface area contributed by atoms with Crippen molar-refractivity contribution in [1.82, 2.24) is 0 Å². The molecule has 0 radical (unpaired) electrons. The number of nitriles is 1. The van der Waals surface area contributed by atoms with E-state index in [0.29, 0.717) is 0 Å². The van der Waals surface area contributed by atoms with Gasteiger partial charge in [-0.2, -0.15) is 5.26 Å². The van der Waals surface area contributed by atoms with E-state index in [9.17, 15) is 0 Å². The van der Waals surface area contributed by atoms with Crippen LogP contribution in [0.4, 0.5) is 5.69 Å². The van der Waals surface area contributed by atoms with Gasteiger partial charge in [0.1, 0.15) is 0 Å². The Morgan fingerprint density at radius 3 is 2.38 bits per heavy atom. The number of nitrogens with zero attached hydrogens (tertiary/aromatic N) is 2. The molecular weight excluding hydrogens is 196 g/mol. The molecule has 0 N–H and O–H groups in total. The van der Waals surface area contributed by atoms with Gasteiger partial charge >= 0.3 is 0 Å². The topological polar surface area (TPSA) is 27.0 Å². The summed E-state index contributed by atoms with van der Waals surface area (Å²) in [6.45, 7) is 2.35. The Morgan fingerprint density at radius 2 is 1.75 bits per heavy atom. The molecule has 1 saturated heterocycles. The summed E-state index contributed by atoms with van der Waals surface area (Å²) in [5.41, 5.74) is 2.39. The highest BCUT2D eigenvalue weighted by Gasteiger charge is 2.09. The third-order valence-corrected chi connectivity index (χ3v) is 2.96. The highest BCUT2D eigenvalue weighted by molar-refractivity contribution is 5.57. The quantitative estimate of drug-likeness (QED) is 0.704. The Balaban J connectivity index is 2.06. The first kappa shape index (κ1) is 10.8. The van der Waals surface area contributed by atoms with Crippen LogP contribution in [-0.4, -0.2) is 13.1 Å². The fourth-order valence-electron chi connectivity index (χ4n) is 2.08. The minimum absolute atomic E-state index is 1.09. The maximum absolute atomic E-state index is 8.44. The fourth-order valence-corrected chi connectivity index (χ4v) is 2.08. The molecule has 0 unspecified atom stereocenters. The van der Waals surface area contributed by atoms with Crippen LogP contribution in [0, 0.1) is 11.3 Å². The Kier molecular flexibility index (Phi) is 3.61. The van der Waals surface area contributed by atoms with Gasteiger partial charge in [-0.1, -0.05) is 12.1 Å². The van der Waals surface area contributed by atoms with Gasteiger partial charge in [-0.05, 0) is 43.0 Å². The number of benzene rings is 1. The van der Waals surface area contributed by atoms with Gasteiger partial charge in [0.15, 0.2) is 0 Å². The number of hydrogen-bond donors (Lipinski definition) is 0. The number of allylic oxidation sites excluding steroid dienone is 1. The number of rotatable bonds is 2. The molecule has 1 aliphatic heterocycles. The molecule has 1 aromatic rings. The van der Waals surface area contributed by atoms with E-state index in [0.717, 1.165) is 5.56 Å². The van der Waals surface area contributed by atoms with Gasteiger partial charge in [-0.3, -0.25) is 0 Å². The first-order valence-electron chi connectivity index (χ1n) is 5.81. The molecule has 2 nitrogen and oxygen atoms in total. The van der Waals surface area contributed by atoms with Crippen molar-refractivity contribution < 1.29 is 0 Å². The third-order valence-electron chi connectivity index (χ3n) is 2.96. The van der Waals surface area contributed by atoms with Crippen LogP contribution in [0.1, 0.15) is 24.8 Å². The van der Waals surface area contributed by atoms with E-state index >= 15 is 0 Å². The summed E-state index contributed by atoms with van der Waals surface area (Å²) in [5, 5.41) is 8.44. The van der Waals surface area contributed by atoms with Crippen LogP contribution in [0.5, 0.6) is 0 Å². The zero-order chi connectivity index (χ0) is 11.2. The molecule has 2 heteroatoms. The van der Waals surface area contributed by atoms with Crippen molar-refractivity contribution in [3.8, 4) is 6.07 Å². The fraction of sp³-hybridized carbons (Fsp3) is 0.357. The smallest absolute Gasteiger partial charge is 0.0912 e. The van der Waals surface area contributed by atoms with Gasteiger partial charge in [0.05, 0.1) is 6.07 Å². The molecular formula is C14H16N2. The van der Waals surface area contributed by atoms with Crippen molar-refractivity contribution in [3.63, 3.8) is 0 Å². The van der Waals surface area contributed by atoms with E-state index in [-0.39, 0.29) is 0 Å². The average Bonchev–Trinajstić information content (AvgIpc) is 2.38. The molecule has 0 amide bonds. The largest absolute Gasteiger partial charge is 0.372 e. The lowest BCUT2D eigenvalue weighted by Gasteiger charge is -2.28. The van der Waals surface area contributed by atoms with Crippen LogP contribution in [0.15, 0.2) is 30.3 Å². The minimum Gasteiger partial charge on any atom is -0.372 e. The lowest BCUT2D eigenvalue weighted by atomic mass is 10.1. The Labute approximate surface area is 96.8 Å². The van der Waals surface area contributed by atoms with Gasteiger partial charge in [-0.25, -0.2) is 0 Å². The highest BCUT2D eigenvalue weighted by Crippen LogP contribution is 2.20. The first-order chi connectivity index (χ1) is 7.90. The van der Waals surface area contributed by atoms with Gasteiger partial charge in [0.2, 0.25) is 0 Å². The molecule has 0 bridgehead atoms. The zero-order valence-corrected chi connectivity index (χ0v) is 9.39. The highest BCUT2D eigenvalue weighted by atomic mass is 15.1. The molecule has 0 spiro atoms. The normalized spacial score (nSPS) is 16.3. The lowest BCUT2D eigenvalue weighted by molar-refractivity contribution is 0.578. The van der Waals surface area contributed by atoms with Crippen LogP contribution >= 0.6 is 0 Å². The summed E-state index contributed by atoms with van der Waals surface area (Å²) in [6, 6.07) is 10.4. The van der Waals surface area contributed by atoms with Crippen LogP contribution < -0.4 is 4.90 Å². The predicted octanol–water partition coefficient (Wildman–Crippen LogP) is 3.21. The molecule has 0 aromatic heterocycles. The molecule has 1 fully saturated rings. The monoisotopic (exact) mass is 212 g/mol. The lowest BCUT2D eigenvalue weighted by Crippen LogP contribution is -2.29. The molecule has 1 aliphatic rings. The van der Waals surface area contributed by atoms with Crippen molar-refractivity contribution in [2.24, 2.45) is 0 Å². The molecule has 16 heavy (non-hydrogen) atoms. The standard InChI is InChI=1S/C14H16N2/c15-10-4-5-13-6-8-14(9-7-13)16-11-2-1-3-12-16/h4-9H,1-3,11-12H2/b5-4+. The van der Waals surface area contributed by atoms with Crippen molar-refractivity contribution in [2.75, 3.05) is 18.0 Å². The van der Waals surface area contributed by atoms with Crippen molar-refractivity contribution in [2.45, 2.75) is 19.3 Å². The Bertz CT molecular complexity index is 392. The summed E-state index contributed by atoms with van der Waals surface area (Å²) in [6.07, 6.45) is 7.31. The maximum atomic E-state index is 8.44. The van der Waals surface area contributed by atoms with E-state index in [1.165, 1.54) is 44.1 Å². The van der Waals surface area contributed by atoms with E-state index in [1.807, 2.05) is 12.1 Å². The average molecular weight is 212 g/mol. The molecule has 1 aromatic carbocycles. The van der Waals surface area contributed by atoms with Gasteiger partial charge < -0.3 is 4.90 Å². The number of hydrogen-bond acceptors (Lipinski definition) is 2. The zero-order valence-electron chi connectivity index (χ0n) is 9.39. The van der Waals surface area contributed by atoms with Crippen LogP contribution in [-0.2, 0) is 0 Å². The Morgan fingerprint density at radius 1 is 1.06 bits per heavy atom. The number of anilines is 1. The summed E-state index contributed by atoms with van der Waals surface area (Å²) in [4.78, 5) is 2.43. The van der Waals surface area contributed by atoms with Gasteiger partial charge in [-0.15, -0.1) is 0 Å². The maximum Gasteiger partial charge on any atom is 0.0912 e. The van der Waals surface area contributed by atoms with E-state index < -0.39 is 0 Å². The van der Waals surface area contributed by atoms with Crippen molar-refractivity contribution in [1.29, 1.82) is 5.26 Å². The second-order valence-electron chi connectivity index (χ2n) is 4.10. The van der Waals surface area contributed by atoms with Crippen molar-refractivity contribution in [3.05, 3.63) is 35.9 Å². The van der Waals surface area contributed by atoms with Crippen LogP contribution in [0.3, 0.4) is 0 Å².